The van der Waals surface area contributed by atoms with Gasteiger partial charge >= 0.3 is 0 Å². The average Bonchev–Trinajstić information content (AvgIpc) is 2.53. The molecular weight excluding hydrogens is 162 g/mol. The third kappa shape index (κ3) is 1.47. The predicted octanol–water partition coefficient (Wildman–Crippen LogP) is 2.96. The van der Waals surface area contributed by atoms with Crippen LogP contribution in [0.2, 0.25) is 0 Å². The zero-order valence-electron chi connectivity index (χ0n) is 7.74. The van der Waals surface area contributed by atoms with E-state index in [9.17, 15) is 0 Å². The van der Waals surface area contributed by atoms with E-state index in [4.69, 9.17) is 4.42 Å². The highest BCUT2D eigenvalue weighted by molar-refractivity contribution is 5.59. The molecule has 0 saturated heterocycles. The van der Waals surface area contributed by atoms with Crippen LogP contribution in [0.1, 0.15) is 11.3 Å². The van der Waals surface area contributed by atoms with E-state index in [1.807, 2.05) is 38.2 Å². The summed E-state index contributed by atoms with van der Waals surface area (Å²) in [5.74, 6) is 0.910. The van der Waals surface area contributed by atoms with Crippen LogP contribution >= 0.6 is 0 Å². The molecule has 2 rings (SSSR count). The van der Waals surface area contributed by atoms with Crippen LogP contribution in [-0.2, 0) is 0 Å². The second-order valence-corrected chi connectivity index (χ2v) is 3.12. The molecule has 0 spiro atoms. The van der Waals surface area contributed by atoms with Gasteiger partial charge in [0.2, 0.25) is 0 Å². The van der Waals surface area contributed by atoms with Crippen molar-refractivity contribution in [1.82, 2.24) is 4.98 Å². The predicted molar refractivity (Wildman–Crippen MR) is 51.4 cm³/mol. The van der Waals surface area contributed by atoms with Gasteiger partial charge in [0.1, 0.15) is 5.76 Å². The Morgan fingerprint density at radius 3 is 2.54 bits per heavy atom. The van der Waals surface area contributed by atoms with Crippen molar-refractivity contribution in [3.63, 3.8) is 0 Å². The number of rotatable bonds is 1. The minimum atomic E-state index is 0.910. The fourth-order valence-electron chi connectivity index (χ4n) is 1.27. The van der Waals surface area contributed by atoms with Crippen LogP contribution in [0.4, 0.5) is 0 Å². The molecular formula is C11H11NO. The zero-order valence-corrected chi connectivity index (χ0v) is 7.74. The Morgan fingerprint density at radius 1 is 1.15 bits per heavy atom. The number of hydrogen-bond acceptors (Lipinski definition) is 2. The van der Waals surface area contributed by atoms with Gasteiger partial charge < -0.3 is 4.42 Å². The van der Waals surface area contributed by atoms with Gasteiger partial charge in [-0.1, -0.05) is 0 Å². The second-order valence-electron chi connectivity index (χ2n) is 3.12. The number of aromatic nitrogens is 1. The Bertz CT molecular complexity index is 400. The number of hydrogen-bond donors (Lipinski definition) is 0. The molecule has 0 N–H and O–H groups in total. The van der Waals surface area contributed by atoms with Crippen molar-refractivity contribution in [2.75, 3.05) is 0 Å². The molecule has 0 aromatic carbocycles. The van der Waals surface area contributed by atoms with Crippen LogP contribution < -0.4 is 0 Å². The van der Waals surface area contributed by atoms with Crippen molar-refractivity contribution in [2.24, 2.45) is 0 Å². The summed E-state index contributed by atoms with van der Waals surface area (Å²) in [5, 5.41) is 0. The Morgan fingerprint density at radius 2 is 2.00 bits per heavy atom. The fraction of sp³-hybridized carbons (Fsp3) is 0.182. The van der Waals surface area contributed by atoms with E-state index in [-0.39, 0.29) is 0 Å². The highest BCUT2D eigenvalue weighted by Crippen LogP contribution is 2.23. The normalized spacial score (nSPS) is 10.3. The summed E-state index contributed by atoms with van der Waals surface area (Å²) in [7, 11) is 0. The lowest BCUT2D eigenvalue weighted by atomic mass is 10.1. The van der Waals surface area contributed by atoms with Crippen LogP contribution in [0.3, 0.4) is 0 Å². The maximum atomic E-state index is 5.35. The molecule has 2 heterocycles. The first-order valence-electron chi connectivity index (χ1n) is 4.24. The van der Waals surface area contributed by atoms with E-state index in [0.29, 0.717) is 0 Å². The van der Waals surface area contributed by atoms with Crippen LogP contribution in [-0.4, -0.2) is 4.98 Å². The van der Waals surface area contributed by atoms with Gasteiger partial charge in [-0.2, -0.15) is 0 Å². The van der Waals surface area contributed by atoms with Crippen LogP contribution in [0.25, 0.3) is 11.3 Å². The first-order valence-corrected chi connectivity index (χ1v) is 4.24. The van der Waals surface area contributed by atoms with E-state index >= 15 is 0 Å². The molecule has 0 atom stereocenters. The molecule has 0 bridgehead atoms. The molecule has 2 aromatic heterocycles. The van der Waals surface area contributed by atoms with Crippen molar-refractivity contribution >= 4 is 0 Å². The summed E-state index contributed by atoms with van der Waals surface area (Å²) < 4.78 is 5.35. The Kier molecular flexibility index (Phi) is 1.89. The molecule has 0 aliphatic rings. The number of aryl methyl sites for hydroxylation is 2. The third-order valence-electron chi connectivity index (χ3n) is 2.04. The molecule has 0 saturated carbocycles. The van der Waals surface area contributed by atoms with Gasteiger partial charge in [-0.3, -0.25) is 4.98 Å². The minimum absolute atomic E-state index is 0.910. The first kappa shape index (κ1) is 8.05. The van der Waals surface area contributed by atoms with Crippen molar-refractivity contribution in [3.05, 3.63) is 41.9 Å². The van der Waals surface area contributed by atoms with E-state index in [2.05, 4.69) is 4.98 Å². The summed E-state index contributed by atoms with van der Waals surface area (Å²) in [5.41, 5.74) is 3.20. The quantitative estimate of drug-likeness (QED) is 0.662. The molecule has 0 aliphatic heterocycles. The Balaban J connectivity index is 2.47. The lowest BCUT2D eigenvalue weighted by molar-refractivity contribution is 0.580. The fourth-order valence-corrected chi connectivity index (χ4v) is 1.27. The SMILES string of the molecule is Cc1ccc(-c2occc2C)cn1. The third-order valence-corrected chi connectivity index (χ3v) is 2.04. The topological polar surface area (TPSA) is 26.0 Å². The summed E-state index contributed by atoms with van der Waals surface area (Å²) in [6, 6.07) is 5.96. The maximum Gasteiger partial charge on any atom is 0.138 e. The molecule has 2 nitrogen and oxygen atoms in total. The molecule has 0 fully saturated rings. The molecule has 0 radical (unpaired) electrons. The lowest BCUT2D eigenvalue weighted by Gasteiger charge is -1.98. The van der Waals surface area contributed by atoms with E-state index in [1.54, 1.807) is 6.26 Å². The van der Waals surface area contributed by atoms with Gasteiger partial charge in [0.15, 0.2) is 0 Å². The number of nitrogens with zero attached hydrogens (tertiary/aromatic N) is 1. The summed E-state index contributed by atoms with van der Waals surface area (Å²) >= 11 is 0. The number of furan rings is 1. The molecule has 0 amide bonds. The molecule has 0 unspecified atom stereocenters. The second kappa shape index (κ2) is 3.05. The molecule has 2 heteroatoms. The summed E-state index contributed by atoms with van der Waals surface area (Å²) in [4.78, 5) is 4.22. The number of pyridine rings is 1. The summed E-state index contributed by atoms with van der Waals surface area (Å²) in [6.07, 6.45) is 3.53. The molecule has 2 aromatic rings. The minimum Gasteiger partial charge on any atom is -0.464 e. The summed E-state index contributed by atoms with van der Waals surface area (Å²) in [6.45, 7) is 4.00. The highest BCUT2D eigenvalue weighted by atomic mass is 16.3. The van der Waals surface area contributed by atoms with Gasteiger partial charge in [-0.05, 0) is 37.6 Å². The molecule has 0 aliphatic carbocycles. The van der Waals surface area contributed by atoms with E-state index in [1.165, 1.54) is 0 Å². The lowest BCUT2D eigenvalue weighted by Crippen LogP contribution is -1.82. The van der Waals surface area contributed by atoms with Gasteiger partial charge in [-0.25, -0.2) is 0 Å². The Labute approximate surface area is 77.2 Å². The standard InChI is InChI=1S/C11H11NO/c1-8-5-6-13-11(8)10-4-3-9(2)12-7-10/h3-7H,1-2H3. The van der Waals surface area contributed by atoms with Gasteiger partial charge in [0.05, 0.1) is 6.26 Å². The van der Waals surface area contributed by atoms with Crippen molar-refractivity contribution in [2.45, 2.75) is 13.8 Å². The van der Waals surface area contributed by atoms with Crippen molar-refractivity contribution < 1.29 is 4.42 Å². The van der Waals surface area contributed by atoms with Gasteiger partial charge in [-0.15, -0.1) is 0 Å². The van der Waals surface area contributed by atoms with Crippen LogP contribution in [0, 0.1) is 13.8 Å². The van der Waals surface area contributed by atoms with Crippen LogP contribution in [0.5, 0.6) is 0 Å². The smallest absolute Gasteiger partial charge is 0.138 e. The van der Waals surface area contributed by atoms with E-state index in [0.717, 1.165) is 22.6 Å². The zero-order chi connectivity index (χ0) is 9.26. The first-order chi connectivity index (χ1) is 6.27. The molecule has 66 valence electrons. The Hall–Kier alpha value is -1.57. The largest absolute Gasteiger partial charge is 0.464 e. The van der Waals surface area contributed by atoms with Crippen molar-refractivity contribution in [3.8, 4) is 11.3 Å². The van der Waals surface area contributed by atoms with Crippen molar-refractivity contribution in [1.29, 1.82) is 0 Å². The van der Waals surface area contributed by atoms with Gasteiger partial charge in [0.25, 0.3) is 0 Å². The van der Waals surface area contributed by atoms with Gasteiger partial charge in [0, 0.05) is 17.5 Å². The average molecular weight is 173 g/mol. The molecule has 13 heavy (non-hydrogen) atoms. The monoisotopic (exact) mass is 173 g/mol. The van der Waals surface area contributed by atoms with Crippen LogP contribution in [0.15, 0.2) is 35.1 Å². The van der Waals surface area contributed by atoms with E-state index < -0.39 is 0 Å². The highest BCUT2D eigenvalue weighted by Gasteiger charge is 2.04. The maximum absolute atomic E-state index is 5.35.